The Morgan fingerprint density at radius 3 is 2.93 bits per heavy atom. The maximum Gasteiger partial charge on any atom is 0.273 e. The Bertz CT molecular complexity index is 394. The molecule has 15 heavy (non-hydrogen) atoms. The Morgan fingerprint density at radius 1 is 1.53 bits per heavy atom. The molecule has 0 bridgehead atoms. The molecule has 0 radical (unpaired) electrons. The van der Waals surface area contributed by atoms with Gasteiger partial charge >= 0.3 is 0 Å². The Labute approximate surface area is 88.9 Å². The predicted octanol–water partition coefficient (Wildman–Crippen LogP) is 0.634. The van der Waals surface area contributed by atoms with Crippen LogP contribution in [-0.2, 0) is 6.42 Å². The van der Waals surface area contributed by atoms with E-state index in [9.17, 15) is 4.79 Å². The van der Waals surface area contributed by atoms with Crippen LogP contribution in [0.2, 0.25) is 0 Å². The first-order valence-electron chi connectivity index (χ1n) is 5.20. The number of rotatable bonds is 2. The van der Waals surface area contributed by atoms with Gasteiger partial charge in [-0.1, -0.05) is 13.8 Å². The smallest absolute Gasteiger partial charge is 0.273 e. The molecule has 82 valence electrons. The summed E-state index contributed by atoms with van der Waals surface area (Å²) in [5, 5.41) is 2.75. The number of carbonyl (C=O) groups is 1. The average molecular weight is 208 g/mol. The van der Waals surface area contributed by atoms with Crippen molar-refractivity contribution in [2.45, 2.75) is 27.2 Å². The first-order valence-corrected chi connectivity index (χ1v) is 5.20. The number of fused-ring (bicyclic) bond motifs is 1. The summed E-state index contributed by atoms with van der Waals surface area (Å²) in [6.45, 7) is 6.60. The Balaban J connectivity index is 2.43. The molecule has 0 spiro atoms. The largest absolute Gasteiger partial charge is 0.332 e. The van der Waals surface area contributed by atoms with E-state index < -0.39 is 0 Å². The van der Waals surface area contributed by atoms with Gasteiger partial charge in [0.05, 0.1) is 5.69 Å². The van der Waals surface area contributed by atoms with Crippen LogP contribution in [0.25, 0.3) is 0 Å². The van der Waals surface area contributed by atoms with Crippen molar-refractivity contribution in [1.82, 2.24) is 15.0 Å². The van der Waals surface area contributed by atoms with E-state index in [0.29, 0.717) is 18.3 Å². The molecule has 2 rings (SSSR count). The van der Waals surface area contributed by atoms with Crippen molar-refractivity contribution >= 4 is 5.91 Å². The third-order valence-corrected chi connectivity index (χ3v) is 2.42. The number of aromatic nitrogens is 2. The molecule has 0 aromatic carbocycles. The van der Waals surface area contributed by atoms with E-state index in [1.54, 1.807) is 4.68 Å². The van der Waals surface area contributed by atoms with Crippen molar-refractivity contribution in [3.05, 3.63) is 17.2 Å². The third-order valence-electron chi connectivity index (χ3n) is 2.42. The number of nitrogens with zero attached hydrogens (tertiary/aromatic N) is 2. The molecule has 0 saturated carbocycles. The van der Waals surface area contributed by atoms with Crippen LogP contribution in [0, 0.1) is 12.8 Å². The Hall–Kier alpha value is -1.52. The second-order valence-electron chi connectivity index (χ2n) is 4.23. The highest BCUT2D eigenvalue weighted by atomic mass is 16.2. The van der Waals surface area contributed by atoms with Gasteiger partial charge in [-0.05, 0) is 19.3 Å². The summed E-state index contributed by atoms with van der Waals surface area (Å²) < 4.78 is 1.77. The van der Waals surface area contributed by atoms with Crippen LogP contribution in [0.3, 0.4) is 0 Å². The number of amides is 1. The van der Waals surface area contributed by atoms with Crippen LogP contribution < -0.4 is 10.7 Å². The van der Waals surface area contributed by atoms with Crippen LogP contribution in [0.1, 0.15) is 35.9 Å². The third kappa shape index (κ3) is 1.69. The van der Waals surface area contributed by atoms with Gasteiger partial charge in [0.15, 0.2) is 5.69 Å². The minimum Gasteiger partial charge on any atom is -0.332 e. The fraction of sp³-hybridized carbons (Fsp3) is 0.600. The van der Waals surface area contributed by atoms with Crippen LogP contribution in [0.5, 0.6) is 0 Å². The van der Waals surface area contributed by atoms with Gasteiger partial charge in [0.2, 0.25) is 0 Å². The minimum absolute atomic E-state index is 0.0370. The summed E-state index contributed by atoms with van der Waals surface area (Å²) in [4.78, 5) is 16.1. The zero-order chi connectivity index (χ0) is 11.0. The lowest BCUT2D eigenvalue weighted by Gasteiger charge is -2.19. The summed E-state index contributed by atoms with van der Waals surface area (Å²) >= 11 is 0. The first-order chi connectivity index (χ1) is 7.09. The summed E-state index contributed by atoms with van der Waals surface area (Å²) in [5.41, 5.74) is 4.62. The molecular weight excluding hydrogens is 192 g/mol. The van der Waals surface area contributed by atoms with E-state index in [1.165, 1.54) is 0 Å². The highest BCUT2D eigenvalue weighted by molar-refractivity contribution is 5.94. The molecule has 2 heterocycles. The molecule has 0 saturated heterocycles. The molecule has 1 aromatic rings. The van der Waals surface area contributed by atoms with Gasteiger partial charge in [-0.25, -0.2) is 9.66 Å². The average Bonchev–Trinajstić information content (AvgIpc) is 2.44. The lowest BCUT2D eigenvalue weighted by molar-refractivity contribution is 0.0935. The lowest BCUT2D eigenvalue weighted by atomic mass is 10.1. The zero-order valence-corrected chi connectivity index (χ0v) is 9.29. The van der Waals surface area contributed by atoms with E-state index in [1.807, 2.05) is 6.92 Å². The van der Waals surface area contributed by atoms with Crippen LogP contribution in [-0.4, -0.2) is 22.2 Å². The van der Waals surface area contributed by atoms with E-state index >= 15 is 0 Å². The molecule has 0 atom stereocenters. The topological polar surface area (TPSA) is 59.0 Å². The molecule has 1 aliphatic rings. The zero-order valence-electron chi connectivity index (χ0n) is 9.29. The summed E-state index contributed by atoms with van der Waals surface area (Å²) in [5.74, 6) is 1.30. The second kappa shape index (κ2) is 3.56. The quantitative estimate of drug-likeness (QED) is 0.749. The molecule has 1 aromatic heterocycles. The van der Waals surface area contributed by atoms with E-state index in [4.69, 9.17) is 0 Å². The van der Waals surface area contributed by atoms with Gasteiger partial charge < -0.3 is 10.7 Å². The minimum atomic E-state index is -0.0370. The predicted molar refractivity (Wildman–Crippen MR) is 57.2 cm³/mol. The SMILES string of the molecule is Cc1nc(CC(C)C)c2n1NCNC2=O. The van der Waals surface area contributed by atoms with Crippen LogP contribution in [0.4, 0.5) is 0 Å². The van der Waals surface area contributed by atoms with Crippen molar-refractivity contribution < 1.29 is 4.79 Å². The Morgan fingerprint density at radius 2 is 2.27 bits per heavy atom. The van der Waals surface area contributed by atoms with Gasteiger partial charge in [-0.15, -0.1) is 0 Å². The van der Waals surface area contributed by atoms with Crippen molar-refractivity contribution in [3.8, 4) is 0 Å². The maximum absolute atomic E-state index is 11.7. The normalized spacial score (nSPS) is 14.8. The van der Waals surface area contributed by atoms with Crippen LogP contribution >= 0.6 is 0 Å². The monoisotopic (exact) mass is 208 g/mol. The Kier molecular flexibility index (Phi) is 2.38. The number of hydrogen-bond acceptors (Lipinski definition) is 3. The molecule has 0 aliphatic carbocycles. The number of aryl methyl sites for hydroxylation is 1. The van der Waals surface area contributed by atoms with Crippen molar-refractivity contribution in [2.24, 2.45) is 5.92 Å². The van der Waals surface area contributed by atoms with E-state index in [0.717, 1.165) is 17.9 Å². The van der Waals surface area contributed by atoms with E-state index in [2.05, 4.69) is 29.6 Å². The van der Waals surface area contributed by atoms with Crippen molar-refractivity contribution in [2.75, 3.05) is 12.1 Å². The fourth-order valence-corrected chi connectivity index (χ4v) is 1.83. The number of imidazole rings is 1. The fourth-order valence-electron chi connectivity index (χ4n) is 1.83. The molecule has 1 aliphatic heterocycles. The summed E-state index contributed by atoms with van der Waals surface area (Å²) in [6, 6.07) is 0. The summed E-state index contributed by atoms with van der Waals surface area (Å²) in [6.07, 6.45) is 0.832. The van der Waals surface area contributed by atoms with Gasteiger partial charge in [-0.2, -0.15) is 0 Å². The first kappa shape index (κ1) is 10.0. The second-order valence-corrected chi connectivity index (χ2v) is 4.23. The lowest BCUT2D eigenvalue weighted by Crippen LogP contribution is -2.42. The molecule has 1 amide bonds. The molecule has 2 N–H and O–H groups in total. The van der Waals surface area contributed by atoms with Crippen LogP contribution in [0.15, 0.2) is 0 Å². The number of nitrogens with one attached hydrogen (secondary N) is 2. The molecule has 0 unspecified atom stereocenters. The van der Waals surface area contributed by atoms with Gasteiger partial charge in [0.1, 0.15) is 12.5 Å². The molecule has 0 fully saturated rings. The van der Waals surface area contributed by atoms with Crippen molar-refractivity contribution in [1.29, 1.82) is 0 Å². The molecule has 5 nitrogen and oxygen atoms in total. The van der Waals surface area contributed by atoms with Gasteiger partial charge in [-0.3, -0.25) is 4.79 Å². The standard InChI is InChI=1S/C10H16N4O/c1-6(2)4-8-9-10(15)11-5-12-14(9)7(3)13-8/h6,12H,4-5H2,1-3H3,(H,11,15). The maximum atomic E-state index is 11.7. The van der Waals surface area contributed by atoms with Gasteiger partial charge in [0.25, 0.3) is 5.91 Å². The number of hydrogen-bond donors (Lipinski definition) is 2. The molecular formula is C10H16N4O. The van der Waals surface area contributed by atoms with E-state index in [-0.39, 0.29) is 5.91 Å². The van der Waals surface area contributed by atoms with Crippen molar-refractivity contribution in [3.63, 3.8) is 0 Å². The summed E-state index contributed by atoms with van der Waals surface area (Å²) in [7, 11) is 0. The highest BCUT2D eigenvalue weighted by Crippen LogP contribution is 2.15. The van der Waals surface area contributed by atoms with Gasteiger partial charge in [0, 0.05) is 0 Å². The highest BCUT2D eigenvalue weighted by Gasteiger charge is 2.24. The number of carbonyl (C=O) groups excluding carboxylic acids is 1. The molecule has 5 heteroatoms.